The maximum Gasteiger partial charge on any atom is 0.253 e. The van der Waals surface area contributed by atoms with Crippen LogP contribution < -0.4 is 27.5 Å². The van der Waals surface area contributed by atoms with Crippen molar-refractivity contribution >= 4 is 40.7 Å². The number of hydrazine groups is 1. The molecule has 2 aromatic rings. The summed E-state index contributed by atoms with van der Waals surface area (Å²) in [6.45, 7) is 9.34. The molecule has 252 valence electrons. The molecule has 0 saturated heterocycles. The lowest BCUT2D eigenvalue weighted by Crippen LogP contribution is -2.40. The lowest BCUT2D eigenvalue weighted by molar-refractivity contribution is -0.137. The topological polar surface area (TPSA) is 177 Å². The molecule has 2 aliphatic heterocycles. The fourth-order valence-corrected chi connectivity index (χ4v) is 5.45. The Morgan fingerprint density at radius 3 is 2.26 bits per heavy atom. The second-order valence-electron chi connectivity index (χ2n) is 13.2. The van der Waals surface area contributed by atoms with Crippen LogP contribution in [-0.2, 0) is 30.5 Å². The summed E-state index contributed by atoms with van der Waals surface area (Å²) in [5.41, 5.74) is 16.3. The predicted molar refractivity (Wildman–Crippen MR) is 182 cm³/mol. The number of hydrogen-bond donors (Lipinski definition) is 4. The third kappa shape index (κ3) is 9.28. The number of nitrogens with two attached hydrogens (primary N) is 3. The number of carbonyl (C=O) groups is 4. The second kappa shape index (κ2) is 14.9. The van der Waals surface area contributed by atoms with E-state index in [1.165, 1.54) is 12.2 Å². The van der Waals surface area contributed by atoms with E-state index in [0.29, 0.717) is 42.2 Å². The Morgan fingerprint density at radius 1 is 0.936 bits per heavy atom. The van der Waals surface area contributed by atoms with E-state index in [1.807, 2.05) is 76.2 Å². The number of fused-ring (bicyclic) bond motifs is 2. The fraction of sp³-hybridized carbons (Fsp3) is 0.429. The number of para-hydroxylation sites is 1. The van der Waals surface area contributed by atoms with Crippen LogP contribution in [-0.4, -0.2) is 70.9 Å². The van der Waals surface area contributed by atoms with Crippen molar-refractivity contribution in [3.63, 3.8) is 0 Å². The molecule has 4 amide bonds. The van der Waals surface area contributed by atoms with Crippen LogP contribution >= 0.6 is 0 Å². The molecular weight excluding hydrogens is 598 g/mol. The molecule has 0 aromatic heterocycles. The molecule has 12 heteroatoms. The molecular formula is C35H47N7O5. The van der Waals surface area contributed by atoms with Gasteiger partial charge in [-0.3, -0.25) is 24.1 Å². The van der Waals surface area contributed by atoms with Crippen molar-refractivity contribution in [1.29, 1.82) is 0 Å². The first kappa shape index (κ1) is 35.3. The highest BCUT2D eigenvalue weighted by atomic mass is 16.5. The van der Waals surface area contributed by atoms with Crippen LogP contribution in [0.2, 0.25) is 0 Å². The Balaban J connectivity index is 1.49. The number of nitrogens with one attached hydrogen (secondary N) is 1. The summed E-state index contributed by atoms with van der Waals surface area (Å²) in [7, 11) is 0. The van der Waals surface area contributed by atoms with Crippen molar-refractivity contribution < 1.29 is 23.9 Å². The van der Waals surface area contributed by atoms with Crippen LogP contribution in [0, 0.1) is 0 Å². The largest absolute Gasteiger partial charge is 0.396 e. The smallest absolute Gasteiger partial charge is 0.253 e. The molecule has 0 aliphatic carbocycles. The van der Waals surface area contributed by atoms with Gasteiger partial charge < -0.3 is 31.4 Å². The maximum absolute atomic E-state index is 13.7. The minimum atomic E-state index is -0.448. The molecule has 0 saturated carbocycles. The number of rotatable bonds is 14. The van der Waals surface area contributed by atoms with Crippen molar-refractivity contribution in [3.05, 3.63) is 77.4 Å². The van der Waals surface area contributed by atoms with Gasteiger partial charge in [-0.1, -0.05) is 42.5 Å². The normalized spacial score (nSPS) is 16.5. The van der Waals surface area contributed by atoms with Gasteiger partial charge in [0.05, 0.1) is 29.2 Å². The minimum absolute atomic E-state index is 0.0238. The lowest BCUT2D eigenvalue weighted by atomic mass is 9.95. The Labute approximate surface area is 276 Å². The van der Waals surface area contributed by atoms with Crippen molar-refractivity contribution in [1.82, 2.24) is 15.2 Å². The molecule has 12 nitrogen and oxygen atoms in total. The number of benzene rings is 2. The number of carbonyl (C=O) groups excluding carboxylic acids is 4. The van der Waals surface area contributed by atoms with E-state index in [9.17, 15) is 19.2 Å². The lowest BCUT2D eigenvalue weighted by Gasteiger charge is -2.34. The summed E-state index contributed by atoms with van der Waals surface area (Å²) in [6.07, 6.45) is 3.69. The molecule has 4 rings (SSSR count). The molecule has 47 heavy (non-hydrogen) atoms. The number of anilines is 1. The number of amides is 4. The van der Waals surface area contributed by atoms with E-state index >= 15 is 0 Å². The van der Waals surface area contributed by atoms with Crippen LogP contribution in [0.25, 0.3) is 11.4 Å². The van der Waals surface area contributed by atoms with Gasteiger partial charge in [-0.15, -0.1) is 0 Å². The van der Waals surface area contributed by atoms with Crippen LogP contribution in [0.3, 0.4) is 0 Å². The molecule has 2 heterocycles. The molecule has 0 atom stereocenters. The number of nitrogens with zero attached hydrogens (tertiary/aromatic N) is 3. The number of hydrogen-bond acceptors (Lipinski definition) is 9. The zero-order chi connectivity index (χ0) is 34.4. The van der Waals surface area contributed by atoms with Gasteiger partial charge in [0.2, 0.25) is 11.8 Å². The summed E-state index contributed by atoms with van der Waals surface area (Å²) in [5, 5.41) is 4.39. The molecule has 2 aliphatic rings. The Hall–Kier alpha value is -4.52. The minimum Gasteiger partial charge on any atom is -0.396 e. The monoisotopic (exact) mass is 645 g/mol. The van der Waals surface area contributed by atoms with E-state index in [2.05, 4.69) is 5.32 Å². The fourth-order valence-electron chi connectivity index (χ4n) is 5.45. The molecule has 0 bridgehead atoms. The third-order valence-electron chi connectivity index (χ3n) is 8.25. The first-order chi connectivity index (χ1) is 22.2. The van der Waals surface area contributed by atoms with Gasteiger partial charge >= 0.3 is 0 Å². The van der Waals surface area contributed by atoms with Crippen molar-refractivity contribution in [2.24, 2.45) is 17.3 Å². The van der Waals surface area contributed by atoms with Gasteiger partial charge in [0.1, 0.15) is 0 Å². The van der Waals surface area contributed by atoms with Crippen molar-refractivity contribution in [2.45, 2.75) is 71.1 Å². The van der Waals surface area contributed by atoms with Gasteiger partial charge in [-0.2, -0.15) is 0 Å². The quantitative estimate of drug-likeness (QED) is 0.137. The zero-order valence-electron chi connectivity index (χ0n) is 27.8. The summed E-state index contributed by atoms with van der Waals surface area (Å²) >= 11 is 0. The van der Waals surface area contributed by atoms with E-state index in [0.717, 1.165) is 22.4 Å². The SMILES string of the molecule is CC(C)(N)CCOC(C)(C)CCN(N)/C1=C(\N)c2ccccc2N(C(=O)CCNC(=O)CCN2C(=O)C=CC2=O)Cc2ccccc21. The molecule has 7 N–H and O–H groups in total. The molecule has 0 unspecified atom stereocenters. The highest BCUT2D eigenvalue weighted by Crippen LogP contribution is 2.37. The second-order valence-corrected chi connectivity index (χ2v) is 13.2. The molecule has 0 spiro atoms. The Bertz CT molecular complexity index is 1540. The number of ether oxygens (including phenoxy) is 1. The Kier molecular flexibility index (Phi) is 11.2. The van der Waals surface area contributed by atoms with Crippen molar-refractivity contribution in [3.8, 4) is 0 Å². The Morgan fingerprint density at radius 2 is 1.57 bits per heavy atom. The molecule has 2 aromatic carbocycles. The van der Waals surface area contributed by atoms with Gasteiger partial charge in [0.15, 0.2) is 0 Å². The highest BCUT2D eigenvalue weighted by Gasteiger charge is 2.29. The van der Waals surface area contributed by atoms with Crippen LogP contribution in [0.5, 0.6) is 0 Å². The summed E-state index contributed by atoms with van der Waals surface area (Å²) < 4.78 is 6.16. The van der Waals surface area contributed by atoms with Crippen molar-refractivity contribution in [2.75, 3.05) is 31.1 Å². The molecule has 0 radical (unpaired) electrons. The zero-order valence-corrected chi connectivity index (χ0v) is 27.8. The van der Waals surface area contributed by atoms with E-state index < -0.39 is 17.4 Å². The first-order valence-corrected chi connectivity index (χ1v) is 15.9. The average molecular weight is 646 g/mol. The van der Waals surface area contributed by atoms with Gasteiger partial charge in [0, 0.05) is 67.9 Å². The van der Waals surface area contributed by atoms with Gasteiger partial charge in [0.25, 0.3) is 11.8 Å². The van der Waals surface area contributed by atoms with Gasteiger partial charge in [-0.25, -0.2) is 5.84 Å². The third-order valence-corrected chi connectivity index (χ3v) is 8.25. The van der Waals surface area contributed by atoms with E-state index in [-0.39, 0.29) is 49.8 Å². The standard InChI is InChI=1S/C35H47N7O5/c1-34(2,37)18-22-47-35(3,4)17-21-42(38)33-25-10-6-5-9-24(25)23-41(27-12-8-7-11-26(27)32(33)36)31(46)15-19-39-28(43)16-20-40-29(44)13-14-30(40)45/h5-14H,15-23,36-38H2,1-4H3,(H,39,43)/b33-32-. The highest BCUT2D eigenvalue weighted by molar-refractivity contribution is 6.13. The molecule has 0 fully saturated rings. The predicted octanol–water partition coefficient (Wildman–Crippen LogP) is 2.63. The summed E-state index contributed by atoms with van der Waals surface area (Å²) in [6, 6.07) is 15.1. The summed E-state index contributed by atoms with van der Waals surface area (Å²) in [4.78, 5) is 52.3. The average Bonchev–Trinajstić information content (AvgIpc) is 3.33. The van der Waals surface area contributed by atoms with Crippen LogP contribution in [0.4, 0.5) is 5.69 Å². The maximum atomic E-state index is 13.7. The van der Waals surface area contributed by atoms with Crippen LogP contribution in [0.1, 0.15) is 70.1 Å². The van der Waals surface area contributed by atoms with E-state index in [4.69, 9.17) is 22.0 Å². The summed E-state index contributed by atoms with van der Waals surface area (Å²) in [5.74, 6) is 5.31. The van der Waals surface area contributed by atoms with E-state index in [1.54, 1.807) is 9.91 Å². The number of imide groups is 1. The van der Waals surface area contributed by atoms with Crippen LogP contribution in [0.15, 0.2) is 60.7 Å². The van der Waals surface area contributed by atoms with Gasteiger partial charge in [-0.05, 0) is 52.2 Å². The first-order valence-electron chi connectivity index (χ1n) is 15.9.